The minimum Gasteiger partial charge on any atom is -0.481 e. The molecule has 0 amide bonds. The average molecular weight is 259 g/mol. The van der Waals surface area contributed by atoms with Gasteiger partial charge < -0.3 is 9.47 Å². The van der Waals surface area contributed by atoms with Gasteiger partial charge in [-0.15, -0.1) is 0 Å². The third-order valence-electron chi connectivity index (χ3n) is 2.96. The van der Waals surface area contributed by atoms with E-state index >= 15 is 0 Å². The van der Waals surface area contributed by atoms with Gasteiger partial charge in [-0.25, -0.2) is 4.79 Å². The van der Waals surface area contributed by atoms with Crippen LogP contribution in [0.4, 0.5) is 0 Å². The Morgan fingerprint density at radius 1 is 1.32 bits per heavy atom. The average Bonchev–Trinajstić information content (AvgIpc) is 2.43. The van der Waals surface area contributed by atoms with Crippen LogP contribution in [0.3, 0.4) is 0 Å². The number of fused-ring (bicyclic) bond motifs is 1. The number of carbonyl (C=O) groups is 1. The molecule has 100 valence electrons. The van der Waals surface area contributed by atoms with Crippen molar-refractivity contribution in [2.75, 3.05) is 13.7 Å². The molecule has 0 N–H and O–H groups in total. The molecule has 0 radical (unpaired) electrons. The molecule has 0 unspecified atom stereocenters. The quantitative estimate of drug-likeness (QED) is 0.792. The van der Waals surface area contributed by atoms with E-state index < -0.39 is 5.97 Å². The van der Waals surface area contributed by atoms with Gasteiger partial charge in [0.1, 0.15) is 5.75 Å². The van der Waals surface area contributed by atoms with E-state index in [1.54, 1.807) is 12.3 Å². The number of hydrogen-bond acceptors (Lipinski definition) is 4. The summed E-state index contributed by atoms with van der Waals surface area (Å²) in [4.78, 5) is 15.5. The second-order valence-electron chi connectivity index (χ2n) is 4.57. The molecule has 0 saturated heterocycles. The fraction of sp³-hybridized carbons (Fsp3) is 0.333. The molecular formula is C15H17NO3. The second kappa shape index (κ2) is 5.69. The van der Waals surface area contributed by atoms with Crippen molar-refractivity contribution < 1.29 is 14.3 Å². The molecule has 4 nitrogen and oxygen atoms in total. The summed E-state index contributed by atoms with van der Waals surface area (Å²) in [6.07, 6.45) is 1.70. The number of para-hydroxylation sites is 1. The molecule has 0 aliphatic heterocycles. The SMILES string of the molecule is COC(=O)COc1ccnc2c(C(C)C)cccc12. The zero-order valence-corrected chi connectivity index (χ0v) is 11.3. The normalized spacial score (nSPS) is 10.7. The van der Waals surface area contributed by atoms with Crippen LogP contribution in [0.1, 0.15) is 25.3 Å². The molecule has 0 saturated carbocycles. The third-order valence-corrected chi connectivity index (χ3v) is 2.96. The van der Waals surface area contributed by atoms with Gasteiger partial charge >= 0.3 is 5.97 Å². The molecule has 0 fully saturated rings. The summed E-state index contributed by atoms with van der Waals surface area (Å²) in [6.45, 7) is 4.15. The standard InChI is InChI=1S/C15H17NO3/c1-10(2)11-5-4-6-12-13(7-8-16-15(11)12)19-9-14(17)18-3/h4-8,10H,9H2,1-3H3. The number of methoxy groups -OCH3 is 1. The highest BCUT2D eigenvalue weighted by atomic mass is 16.6. The first kappa shape index (κ1) is 13.3. The molecule has 1 aromatic carbocycles. The van der Waals surface area contributed by atoms with E-state index in [1.165, 1.54) is 12.7 Å². The number of benzene rings is 1. The number of aromatic nitrogens is 1. The van der Waals surface area contributed by atoms with Crippen LogP contribution >= 0.6 is 0 Å². The Kier molecular flexibility index (Phi) is 4.00. The lowest BCUT2D eigenvalue weighted by molar-refractivity contribution is -0.142. The van der Waals surface area contributed by atoms with Crippen molar-refractivity contribution in [3.8, 4) is 5.75 Å². The number of rotatable bonds is 4. The molecule has 19 heavy (non-hydrogen) atoms. The number of esters is 1. The lowest BCUT2D eigenvalue weighted by Crippen LogP contribution is -2.12. The van der Waals surface area contributed by atoms with E-state index in [9.17, 15) is 4.79 Å². The molecule has 0 spiro atoms. The zero-order valence-electron chi connectivity index (χ0n) is 11.3. The van der Waals surface area contributed by atoms with E-state index in [4.69, 9.17) is 4.74 Å². The fourth-order valence-electron chi connectivity index (χ4n) is 1.96. The van der Waals surface area contributed by atoms with Gasteiger partial charge in [0.15, 0.2) is 6.61 Å². The van der Waals surface area contributed by atoms with Crippen molar-refractivity contribution >= 4 is 16.9 Å². The monoisotopic (exact) mass is 259 g/mol. The highest BCUT2D eigenvalue weighted by molar-refractivity contribution is 5.88. The lowest BCUT2D eigenvalue weighted by atomic mass is 9.99. The smallest absolute Gasteiger partial charge is 0.343 e. The summed E-state index contributed by atoms with van der Waals surface area (Å²) in [5.41, 5.74) is 2.08. The number of nitrogens with zero attached hydrogens (tertiary/aromatic N) is 1. The minimum atomic E-state index is -0.398. The Morgan fingerprint density at radius 2 is 2.11 bits per heavy atom. The summed E-state index contributed by atoms with van der Waals surface area (Å²) in [7, 11) is 1.34. The van der Waals surface area contributed by atoms with Gasteiger partial charge in [0, 0.05) is 11.6 Å². The molecule has 1 aromatic heterocycles. The maximum Gasteiger partial charge on any atom is 0.343 e. The van der Waals surface area contributed by atoms with Crippen LogP contribution in [0.25, 0.3) is 10.9 Å². The molecule has 4 heteroatoms. The summed E-state index contributed by atoms with van der Waals surface area (Å²) >= 11 is 0. The molecule has 0 bridgehead atoms. The fourth-order valence-corrected chi connectivity index (χ4v) is 1.96. The summed E-state index contributed by atoms with van der Waals surface area (Å²) < 4.78 is 10.1. The minimum absolute atomic E-state index is 0.0957. The van der Waals surface area contributed by atoms with Crippen LogP contribution in [-0.2, 0) is 9.53 Å². The Morgan fingerprint density at radius 3 is 2.79 bits per heavy atom. The van der Waals surface area contributed by atoms with Crippen LogP contribution in [-0.4, -0.2) is 24.7 Å². The highest BCUT2D eigenvalue weighted by Gasteiger charge is 2.10. The predicted octanol–water partition coefficient (Wildman–Crippen LogP) is 2.91. The molecule has 2 aromatic rings. The van der Waals surface area contributed by atoms with Gasteiger partial charge in [0.05, 0.1) is 12.6 Å². The molecular weight excluding hydrogens is 242 g/mol. The lowest BCUT2D eigenvalue weighted by Gasteiger charge is -2.12. The highest BCUT2D eigenvalue weighted by Crippen LogP contribution is 2.29. The van der Waals surface area contributed by atoms with Crippen molar-refractivity contribution in [3.63, 3.8) is 0 Å². The molecule has 1 heterocycles. The van der Waals surface area contributed by atoms with E-state index in [0.717, 1.165) is 10.9 Å². The number of pyridine rings is 1. The predicted molar refractivity (Wildman–Crippen MR) is 73.3 cm³/mol. The van der Waals surface area contributed by atoms with Gasteiger partial charge in [-0.1, -0.05) is 26.0 Å². The molecule has 0 aliphatic carbocycles. The Bertz CT molecular complexity index is 593. The zero-order chi connectivity index (χ0) is 13.8. The number of ether oxygens (including phenoxy) is 2. The van der Waals surface area contributed by atoms with Crippen molar-refractivity contribution in [2.45, 2.75) is 19.8 Å². The Labute approximate surface area is 112 Å². The van der Waals surface area contributed by atoms with Crippen LogP contribution in [0.2, 0.25) is 0 Å². The summed E-state index contributed by atoms with van der Waals surface area (Å²) in [6, 6.07) is 7.74. The van der Waals surface area contributed by atoms with Gasteiger partial charge in [0.25, 0.3) is 0 Å². The first-order valence-corrected chi connectivity index (χ1v) is 6.20. The Hall–Kier alpha value is -2.10. The first-order valence-electron chi connectivity index (χ1n) is 6.20. The van der Waals surface area contributed by atoms with Gasteiger partial charge in [-0.3, -0.25) is 4.98 Å². The second-order valence-corrected chi connectivity index (χ2v) is 4.57. The topological polar surface area (TPSA) is 48.4 Å². The van der Waals surface area contributed by atoms with Crippen LogP contribution in [0.15, 0.2) is 30.5 Å². The molecule has 0 aliphatic rings. The van der Waals surface area contributed by atoms with Crippen molar-refractivity contribution in [1.82, 2.24) is 4.98 Å². The van der Waals surface area contributed by atoms with Gasteiger partial charge in [0.2, 0.25) is 0 Å². The third kappa shape index (κ3) is 2.84. The van der Waals surface area contributed by atoms with Crippen molar-refractivity contribution in [2.24, 2.45) is 0 Å². The maximum absolute atomic E-state index is 11.1. The van der Waals surface area contributed by atoms with E-state index in [1.807, 2.05) is 12.1 Å². The van der Waals surface area contributed by atoms with Gasteiger partial charge in [-0.2, -0.15) is 0 Å². The van der Waals surface area contributed by atoms with Gasteiger partial charge in [-0.05, 0) is 23.6 Å². The largest absolute Gasteiger partial charge is 0.481 e. The van der Waals surface area contributed by atoms with Crippen LogP contribution in [0, 0.1) is 0 Å². The first-order chi connectivity index (χ1) is 9.13. The van der Waals surface area contributed by atoms with Crippen molar-refractivity contribution in [3.05, 3.63) is 36.0 Å². The van der Waals surface area contributed by atoms with E-state index in [2.05, 4.69) is 29.6 Å². The van der Waals surface area contributed by atoms with Crippen LogP contribution in [0.5, 0.6) is 5.75 Å². The summed E-state index contributed by atoms with van der Waals surface area (Å²) in [5.74, 6) is 0.634. The summed E-state index contributed by atoms with van der Waals surface area (Å²) in [5, 5.41) is 0.914. The Balaban J connectivity index is 2.40. The van der Waals surface area contributed by atoms with E-state index in [0.29, 0.717) is 11.7 Å². The molecule has 0 atom stereocenters. The number of carbonyl (C=O) groups excluding carboxylic acids is 1. The molecule has 2 rings (SSSR count). The van der Waals surface area contributed by atoms with E-state index in [-0.39, 0.29) is 6.61 Å². The maximum atomic E-state index is 11.1. The van der Waals surface area contributed by atoms with Crippen LogP contribution < -0.4 is 4.74 Å². The number of hydrogen-bond donors (Lipinski definition) is 0. The van der Waals surface area contributed by atoms with Crippen molar-refractivity contribution in [1.29, 1.82) is 0 Å².